The van der Waals surface area contributed by atoms with Gasteiger partial charge in [-0.3, -0.25) is 13.9 Å². The maximum atomic E-state index is 14.3. The molecule has 43 heavy (non-hydrogen) atoms. The van der Waals surface area contributed by atoms with E-state index in [1.165, 1.54) is 25.3 Å². The molecule has 1 aliphatic heterocycles. The molecule has 6 atom stereocenters. The normalized spacial score (nSPS) is 24.3. The predicted octanol–water partition coefficient (Wildman–Crippen LogP) is 2.93. The monoisotopic (exact) mass is 616 g/mol. The van der Waals surface area contributed by atoms with Crippen LogP contribution in [0.3, 0.4) is 0 Å². The molecule has 0 spiro atoms. The number of carbonyl (C=O) groups is 1. The van der Waals surface area contributed by atoms with Crippen molar-refractivity contribution >= 4 is 30.3 Å². The van der Waals surface area contributed by atoms with Gasteiger partial charge in [-0.1, -0.05) is 63.2 Å². The van der Waals surface area contributed by atoms with Crippen LogP contribution in [0.25, 0.3) is 10.8 Å². The highest BCUT2D eigenvalue weighted by Gasteiger charge is 2.55. The number of ether oxygens (including phenoxy) is 2. The van der Waals surface area contributed by atoms with E-state index in [2.05, 4.69) is 16.7 Å². The van der Waals surface area contributed by atoms with Gasteiger partial charge >= 0.3 is 19.4 Å². The highest BCUT2D eigenvalue weighted by atomic mass is 31.2. The quantitative estimate of drug-likeness (QED) is 0.141. The number of benzene rings is 2. The van der Waals surface area contributed by atoms with Gasteiger partial charge in [-0.2, -0.15) is 10.1 Å². The van der Waals surface area contributed by atoms with E-state index in [0.717, 1.165) is 9.95 Å². The highest BCUT2D eigenvalue weighted by molar-refractivity contribution is 7.52. The Morgan fingerprint density at radius 3 is 2.63 bits per heavy atom. The van der Waals surface area contributed by atoms with Gasteiger partial charge in [0.15, 0.2) is 6.23 Å². The number of aliphatic hydroxyl groups excluding tert-OH is 2. The van der Waals surface area contributed by atoms with Crippen LogP contribution in [-0.4, -0.2) is 62.8 Å². The van der Waals surface area contributed by atoms with Gasteiger partial charge in [0.05, 0.1) is 13.2 Å². The van der Waals surface area contributed by atoms with Gasteiger partial charge in [0, 0.05) is 11.6 Å². The van der Waals surface area contributed by atoms with Crippen molar-refractivity contribution in [3.63, 3.8) is 0 Å². The summed E-state index contributed by atoms with van der Waals surface area (Å²) in [6, 6.07) is 12.6. The molecule has 1 unspecified atom stereocenters. The van der Waals surface area contributed by atoms with E-state index in [-0.39, 0.29) is 23.6 Å². The molecule has 1 fully saturated rings. The predicted molar refractivity (Wildman–Crippen MR) is 159 cm³/mol. The van der Waals surface area contributed by atoms with Crippen LogP contribution < -0.4 is 21.0 Å². The van der Waals surface area contributed by atoms with E-state index in [4.69, 9.17) is 24.3 Å². The molecule has 0 saturated carbocycles. The molecule has 5 N–H and O–H groups in total. The number of hydrogen-bond acceptors (Lipinski definition) is 11. The van der Waals surface area contributed by atoms with E-state index >= 15 is 0 Å². The molecule has 0 bridgehead atoms. The number of nitrogens with zero attached hydrogens (tertiary/aromatic N) is 2. The number of carbonyl (C=O) groups excluding carboxylic acids is 1. The van der Waals surface area contributed by atoms with Crippen molar-refractivity contribution < 1.29 is 38.1 Å². The van der Waals surface area contributed by atoms with Gasteiger partial charge in [-0.15, -0.1) is 6.58 Å². The molecule has 3 aromatic rings. The minimum absolute atomic E-state index is 0.0413. The fourth-order valence-electron chi connectivity index (χ4n) is 4.38. The maximum Gasteiger partial charge on any atom is 0.459 e. The second-order valence-electron chi connectivity index (χ2n) is 11.5. The number of fused-ring (bicyclic) bond motifs is 1. The summed E-state index contributed by atoms with van der Waals surface area (Å²) >= 11 is 0. The van der Waals surface area contributed by atoms with Gasteiger partial charge in [-0.05, 0) is 29.9 Å². The highest BCUT2D eigenvalue weighted by Crippen LogP contribution is 2.49. The lowest BCUT2D eigenvalue weighted by atomic mass is 9.96. The Balaban J connectivity index is 1.63. The zero-order valence-corrected chi connectivity index (χ0v) is 25.3. The van der Waals surface area contributed by atoms with Gasteiger partial charge in [-0.25, -0.2) is 9.36 Å². The van der Waals surface area contributed by atoms with E-state index in [9.17, 15) is 24.4 Å². The van der Waals surface area contributed by atoms with Crippen LogP contribution in [-0.2, 0) is 23.4 Å². The van der Waals surface area contributed by atoms with Crippen LogP contribution in [0.15, 0.2) is 72.2 Å². The summed E-state index contributed by atoms with van der Waals surface area (Å²) in [5, 5.41) is 25.9. The second kappa shape index (κ2) is 12.6. The van der Waals surface area contributed by atoms with Crippen molar-refractivity contribution in [1.29, 1.82) is 0 Å². The molecule has 2 aromatic carbocycles. The number of aromatic nitrogens is 2. The molecule has 1 aliphatic rings. The lowest BCUT2D eigenvalue weighted by molar-refractivity contribution is -0.148. The zero-order valence-electron chi connectivity index (χ0n) is 24.4. The van der Waals surface area contributed by atoms with Crippen LogP contribution in [0, 0.1) is 5.41 Å². The largest absolute Gasteiger partial charge is 0.464 e. The van der Waals surface area contributed by atoms with Crippen molar-refractivity contribution in [2.45, 2.75) is 57.8 Å². The first-order chi connectivity index (χ1) is 20.2. The molecule has 2 heterocycles. The van der Waals surface area contributed by atoms with Crippen molar-refractivity contribution in [3.05, 3.63) is 77.9 Å². The van der Waals surface area contributed by atoms with Crippen LogP contribution >= 0.6 is 7.75 Å². The molecule has 0 radical (unpaired) electrons. The summed E-state index contributed by atoms with van der Waals surface area (Å²) in [6.07, 6.45) is -2.30. The molecule has 1 saturated heterocycles. The van der Waals surface area contributed by atoms with Gasteiger partial charge < -0.3 is 29.9 Å². The third kappa shape index (κ3) is 7.32. The standard InChI is InChI=1S/C29H37N4O9P/c1-6-29(24(35)23(34)25(41-29)33-15-14-22(30)31-27(33)37)17-40-43(38,32-18(2)26(36)39-16-28(3,4)5)42-21-13-9-11-19-10-7-8-12-20(19)21/h6-15,18,23-25,34-35H,1,16-17H2,2-5H3,(H,32,38)(H2,30,31,37)/t18-,23+,24-,25+,29+,43?/m0/s1. The lowest BCUT2D eigenvalue weighted by Crippen LogP contribution is -2.46. The Morgan fingerprint density at radius 1 is 1.26 bits per heavy atom. The smallest absolute Gasteiger partial charge is 0.459 e. The Morgan fingerprint density at radius 2 is 1.95 bits per heavy atom. The third-order valence-electron chi connectivity index (χ3n) is 6.71. The van der Waals surface area contributed by atoms with Crippen LogP contribution in [0.5, 0.6) is 5.75 Å². The summed E-state index contributed by atoms with van der Waals surface area (Å²) < 4.78 is 38.3. The first-order valence-corrected chi connectivity index (χ1v) is 15.1. The van der Waals surface area contributed by atoms with Crippen molar-refractivity contribution in [3.8, 4) is 5.75 Å². The van der Waals surface area contributed by atoms with Crippen molar-refractivity contribution in [2.24, 2.45) is 5.41 Å². The summed E-state index contributed by atoms with van der Waals surface area (Å²) in [5.41, 5.74) is 2.57. The minimum atomic E-state index is -4.45. The molecule has 232 valence electrons. The van der Waals surface area contributed by atoms with Crippen molar-refractivity contribution in [1.82, 2.24) is 14.6 Å². The Kier molecular flexibility index (Phi) is 9.45. The number of rotatable bonds is 11. The molecule has 0 aliphatic carbocycles. The number of anilines is 1. The number of nitrogen functional groups attached to an aromatic ring is 1. The van der Waals surface area contributed by atoms with Gasteiger partial charge in [0.2, 0.25) is 0 Å². The first kappa shape index (κ1) is 32.3. The van der Waals surface area contributed by atoms with Crippen LogP contribution in [0.2, 0.25) is 0 Å². The maximum absolute atomic E-state index is 14.3. The SMILES string of the molecule is C=C[C@]1(COP(=O)(N[C@@H](C)C(=O)OCC(C)(C)C)Oc2cccc3ccccc23)O[C@@H](n2ccc(N)nc2=O)[C@H](O)[C@@H]1O. The number of aliphatic hydroxyl groups is 2. The van der Waals surface area contributed by atoms with E-state index in [0.29, 0.717) is 5.39 Å². The summed E-state index contributed by atoms with van der Waals surface area (Å²) in [4.78, 5) is 28.8. The topological polar surface area (TPSA) is 184 Å². The summed E-state index contributed by atoms with van der Waals surface area (Å²) in [7, 11) is -4.45. The minimum Gasteiger partial charge on any atom is -0.464 e. The van der Waals surface area contributed by atoms with E-state index in [1.807, 2.05) is 39.0 Å². The number of esters is 1. The molecule has 13 nitrogen and oxygen atoms in total. The Hall–Kier alpha value is -3.58. The van der Waals surface area contributed by atoms with Crippen molar-refractivity contribution in [2.75, 3.05) is 18.9 Å². The van der Waals surface area contributed by atoms with Crippen LogP contribution in [0.4, 0.5) is 5.82 Å². The summed E-state index contributed by atoms with van der Waals surface area (Å²) in [5.74, 6) is -0.538. The van der Waals surface area contributed by atoms with E-state index < -0.39 is 56.1 Å². The number of nitrogens with one attached hydrogen (secondary N) is 1. The fraction of sp³-hybridized carbons (Fsp3) is 0.414. The molecular formula is C29H37N4O9P. The van der Waals surface area contributed by atoms with E-state index in [1.54, 1.807) is 24.3 Å². The Labute approximate surface area is 248 Å². The Bertz CT molecular complexity index is 1580. The molecule has 1 aromatic heterocycles. The average Bonchev–Trinajstić information content (AvgIpc) is 3.20. The third-order valence-corrected chi connectivity index (χ3v) is 8.32. The molecule has 4 rings (SSSR count). The second-order valence-corrected chi connectivity index (χ2v) is 13.2. The van der Waals surface area contributed by atoms with Crippen LogP contribution in [0.1, 0.15) is 33.9 Å². The zero-order chi connectivity index (χ0) is 31.6. The lowest BCUT2D eigenvalue weighted by Gasteiger charge is -2.31. The average molecular weight is 617 g/mol. The fourth-order valence-corrected chi connectivity index (χ4v) is 5.93. The molecule has 14 heteroatoms. The molecule has 0 amide bonds. The molecular weight excluding hydrogens is 579 g/mol. The van der Waals surface area contributed by atoms with Gasteiger partial charge in [0.1, 0.15) is 35.4 Å². The first-order valence-electron chi connectivity index (χ1n) is 13.6. The summed E-state index contributed by atoms with van der Waals surface area (Å²) in [6.45, 7) is 10.3. The number of hydrogen-bond donors (Lipinski definition) is 4. The number of nitrogens with two attached hydrogens (primary N) is 1. The van der Waals surface area contributed by atoms with Gasteiger partial charge in [0.25, 0.3) is 0 Å².